The molecule has 0 amide bonds. The standard InChI is InChI=1S/C14H19F2NO2S/c1-7(2)17-14-8(3)9(4)20(18,19)13-6-12(16)11(15)5-10(13)14/h5-9,14,17H,1-4H3. The van der Waals surface area contributed by atoms with Gasteiger partial charge in [-0.05, 0) is 30.5 Å². The molecule has 6 heteroatoms. The molecule has 0 radical (unpaired) electrons. The van der Waals surface area contributed by atoms with Crippen LogP contribution in [0.3, 0.4) is 0 Å². The van der Waals surface area contributed by atoms with Gasteiger partial charge in [0.1, 0.15) is 0 Å². The maximum absolute atomic E-state index is 13.5. The van der Waals surface area contributed by atoms with E-state index in [0.717, 1.165) is 12.1 Å². The van der Waals surface area contributed by atoms with Gasteiger partial charge in [-0.2, -0.15) is 0 Å². The Bertz CT molecular complexity index is 628. The first-order valence-electron chi connectivity index (χ1n) is 6.65. The highest BCUT2D eigenvalue weighted by atomic mass is 32.2. The first kappa shape index (κ1) is 15.4. The summed E-state index contributed by atoms with van der Waals surface area (Å²) >= 11 is 0. The lowest BCUT2D eigenvalue weighted by atomic mass is 9.90. The van der Waals surface area contributed by atoms with Crippen molar-refractivity contribution in [1.29, 1.82) is 0 Å². The van der Waals surface area contributed by atoms with E-state index in [1.807, 2.05) is 20.8 Å². The second kappa shape index (κ2) is 5.07. The quantitative estimate of drug-likeness (QED) is 0.855. The topological polar surface area (TPSA) is 46.2 Å². The number of sulfone groups is 1. The van der Waals surface area contributed by atoms with Crippen molar-refractivity contribution in [3.63, 3.8) is 0 Å². The van der Waals surface area contributed by atoms with Crippen LogP contribution in [0.15, 0.2) is 17.0 Å². The van der Waals surface area contributed by atoms with E-state index in [0.29, 0.717) is 5.56 Å². The Balaban J connectivity index is 2.68. The predicted molar refractivity (Wildman–Crippen MR) is 73.2 cm³/mol. The third kappa shape index (κ3) is 2.35. The van der Waals surface area contributed by atoms with Gasteiger partial charge in [0, 0.05) is 12.1 Å². The second-order valence-corrected chi connectivity index (χ2v) is 7.99. The van der Waals surface area contributed by atoms with Crippen LogP contribution in [0.4, 0.5) is 8.78 Å². The van der Waals surface area contributed by atoms with Crippen LogP contribution in [-0.4, -0.2) is 19.7 Å². The van der Waals surface area contributed by atoms with Crippen LogP contribution in [0.1, 0.15) is 39.3 Å². The van der Waals surface area contributed by atoms with Crippen molar-refractivity contribution < 1.29 is 17.2 Å². The molecule has 3 atom stereocenters. The Labute approximate surface area is 118 Å². The summed E-state index contributed by atoms with van der Waals surface area (Å²) in [6.07, 6.45) is 0. The number of hydrogen-bond acceptors (Lipinski definition) is 3. The van der Waals surface area contributed by atoms with Gasteiger partial charge >= 0.3 is 0 Å². The summed E-state index contributed by atoms with van der Waals surface area (Å²) in [6, 6.07) is 1.61. The fourth-order valence-electron chi connectivity index (χ4n) is 2.67. The maximum atomic E-state index is 13.5. The fourth-order valence-corrected chi connectivity index (χ4v) is 4.58. The minimum atomic E-state index is -3.62. The molecule has 1 heterocycles. The van der Waals surface area contributed by atoms with Gasteiger partial charge in [0.25, 0.3) is 0 Å². The third-order valence-electron chi connectivity index (χ3n) is 3.96. The lowest BCUT2D eigenvalue weighted by molar-refractivity contribution is 0.333. The van der Waals surface area contributed by atoms with E-state index in [1.165, 1.54) is 0 Å². The summed E-state index contributed by atoms with van der Waals surface area (Å²) in [5.74, 6) is -2.37. The van der Waals surface area contributed by atoms with Gasteiger partial charge in [-0.15, -0.1) is 0 Å². The Morgan fingerprint density at radius 2 is 1.70 bits per heavy atom. The van der Waals surface area contributed by atoms with E-state index in [-0.39, 0.29) is 22.9 Å². The number of halogens is 2. The fraction of sp³-hybridized carbons (Fsp3) is 0.571. The first-order chi connectivity index (χ1) is 9.16. The van der Waals surface area contributed by atoms with Gasteiger partial charge in [-0.1, -0.05) is 20.8 Å². The molecule has 1 aliphatic heterocycles. The summed E-state index contributed by atoms with van der Waals surface area (Å²) in [4.78, 5) is -0.0971. The van der Waals surface area contributed by atoms with Crippen LogP contribution in [0.2, 0.25) is 0 Å². The van der Waals surface area contributed by atoms with Crippen molar-refractivity contribution in [3.8, 4) is 0 Å². The zero-order valence-corrected chi connectivity index (χ0v) is 12.8. The Morgan fingerprint density at radius 1 is 1.15 bits per heavy atom. The van der Waals surface area contributed by atoms with Gasteiger partial charge < -0.3 is 5.32 Å². The molecule has 1 aromatic rings. The Kier molecular flexibility index (Phi) is 3.90. The molecule has 3 unspecified atom stereocenters. The SMILES string of the molecule is CC(C)NC1c2cc(F)c(F)cc2S(=O)(=O)C(C)C1C. The molecule has 1 N–H and O–H groups in total. The number of hydrogen-bond donors (Lipinski definition) is 1. The van der Waals surface area contributed by atoms with Crippen LogP contribution in [0.5, 0.6) is 0 Å². The average Bonchev–Trinajstić information content (AvgIpc) is 2.35. The molecule has 0 aromatic heterocycles. The highest BCUT2D eigenvalue weighted by molar-refractivity contribution is 7.92. The zero-order chi connectivity index (χ0) is 15.2. The summed E-state index contributed by atoms with van der Waals surface area (Å²) in [5, 5.41) is 2.61. The van der Waals surface area contributed by atoms with E-state index in [1.54, 1.807) is 6.92 Å². The van der Waals surface area contributed by atoms with E-state index in [2.05, 4.69) is 5.32 Å². The minimum absolute atomic E-state index is 0.0971. The van der Waals surface area contributed by atoms with E-state index in [9.17, 15) is 17.2 Å². The van der Waals surface area contributed by atoms with Crippen molar-refractivity contribution in [2.45, 2.75) is 49.9 Å². The lowest BCUT2D eigenvalue weighted by Crippen LogP contribution is -2.43. The highest BCUT2D eigenvalue weighted by Gasteiger charge is 2.42. The minimum Gasteiger partial charge on any atom is -0.307 e. The Morgan fingerprint density at radius 3 is 2.25 bits per heavy atom. The van der Waals surface area contributed by atoms with E-state index in [4.69, 9.17) is 0 Å². The highest BCUT2D eigenvalue weighted by Crippen LogP contribution is 2.41. The van der Waals surface area contributed by atoms with Crippen LogP contribution in [-0.2, 0) is 9.84 Å². The number of rotatable bonds is 2. The lowest BCUT2D eigenvalue weighted by Gasteiger charge is -2.37. The smallest absolute Gasteiger partial charge is 0.181 e. The van der Waals surface area contributed by atoms with Gasteiger partial charge in [-0.25, -0.2) is 17.2 Å². The summed E-state index contributed by atoms with van der Waals surface area (Å²) < 4.78 is 51.7. The van der Waals surface area contributed by atoms with Crippen LogP contribution in [0, 0.1) is 17.6 Å². The van der Waals surface area contributed by atoms with Crippen LogP contribution >= 0.6 is 0 Å². The monoisotopic (exact) mass is 303 g/mol. The third-order valence-corrected chi connectivity index (χ3v) is 6.34. The molecule has 3 nitrogen and oxygen atoms in total. The molecule has 112 valence electrons. The first-order valence-corrected chi connectivity index (χ1v) is 8.19. The van der Waals surface area contributed by atoms with E-state index < -0.39 is 26.7 Å². The molecule has 0 aliphatic carbocycles. The summed E-state index contributed by atoms with van der Waals surface area (Å²) in [7, 11) is -3.62. The molecule has 0 spiro atoms. The van der Waals surface area contributed by atoms with Gasteiger partial charge in [-0.3, -0.25) is 0 Å². The average molecular weight is 303 g/mol. The zero-order valence-electron chi connectivity index (χ0n) is 11.9. The molecular formula is C14H19F2NO2S. The number of fused-ring (bicyclic) bond motifs is 1. The van der Waals surface area contributed by atoms with Gasteiger partial charge in [0.2, 0.25) is 0 Å². The molecule has 0 saturated heterocycles. The van der Waals surface area contributed by atoms with Crippen LogP contribution in [0.25, 0.3) is 0 Å². The predicted octanol–water partition coefficient (Wildman–Crippen LogP) is 2.82. The summed E-state index contributed by atoms with van der Waals surface area (Å²) in [6.45, 7) is 7.28. The molecule has 1 aliphatic rings. The molecule has 0 fully saturated rings. The van der Waals surface area contributed by atoms with Crippen molar-refractivity contribution in [3.05, 3.63) is 29.3 Å². The van der Waals surface area contributed by atoms with E-state index >= 15 is 0 Å². The molecule has 20 heavy (non-hydrogen) atoms. The molecular weight excluding hydrogens is 284 g/mol. The largest absolute Gasteiger partial charge is 0.307 e. The van der Waals surface area contributed by atoms with Crippen LogP contribution < -0.4 is 5.32 Å². The van der Waals surface area contributed by atoms with Gasteiger partial charge in [0.15, 0.2) is 21.5 Å². The normalized spacial score (nSPS) is 28.4. The number of benzene rings is 1. The number of nitrogens with one attached hydrogen (secondary N) is 1. The van der Waals surface area contributed by atoms with Crippen molar-refractivity contribution in [2.75, 3.05) is 0 Å². The summed E-state index contributed by atoms with van der Waals surface area (Å²) in [5.41, 5.74) is 0.322. The Hall–Kier alpha value is -1.01. The van der Waals surface area contributed by atoms with Crippen molar-refractivity contribution in [2.24, 2.45) is 5.92 Å². The second-order valence-electron chi connectivity index (χ2n) is 5.71. The van der Waals surface area contributed by atoms with Crippen molar-refractivity contribution >= 4 is 9.84 Å². The van der Waals surface area contributed by atoms with Crippen molar-refractivity contribution in [1.82, 2.24) is 5.32 Å². The molecule has 2 rings (SSSR count). The molecule has 1 aromatic carbocycles. The molecule has 0 bridgehead atoms. The van der Waals surface area contributed by atoms with Gasteiger partial charge in [0.05, 0.1) is 10.1 Å². The molecule has 0 saturated carbocycles. The maximum Gasteiger partial charge on any atom is 0.181 e.